The zero-order chi connectivity index (χ0) is 24.9. The van der Waals surface area contributed by atoms with Gasteiger partial charge in [0.05, 0.1) is 29.7 Å². The first-order valence-corrected chi connectivity index (χ1v) is 12.5. The number of aromatic carboxylic acids is 1. The molecule has 1 heterocycles. The van der Waals surface area contributed by atoms with Crippen LogP contribution in [0.3, 0.4) is 0 Å². The van der Waals surface area contributed by atoms with Crippen LogP contribution in [0.4, 0.5) is 16.2 Å². The van der Waals surface area contributed by atoms with Crippen LogP contribution in [0.2, 0.25) is 0 Å². The average Bonchev–Trinajstić information content (AvgIpc) is 2.82. The minimum absolute atomic E-state index is 0.0831. The molecule has 2 N–H and O–H groups in total. The van der Waals surface area contributed by atoms with E-state index in [2.05, 4.69) is 5.32 Å². The standard InChI is InChI=1S/C23H29N3O7S/c1-25(34(3,30)31)20-10-9-17(13-18(20)22(27)28)26-12-11-19(21(14-26)32-2)24-23(29)33-15-16-7-5-4-6-8-16/h4-10,13,19,21H,11-12,14-15H2,1-3H3,(H,24,29)(H,27,28)/t19-,21-/m0/s1. The predicted molar refractivity (Wildman–Crippen MR) is 128 cm³/mol. The molecule has 0 unspecified atom stereocenters. The zero-order valence-corrected chi connectivity index (χ0v) is 20.1. The summed E-state index contributed by atoms with van der Waals surface area (Å²) >= 11 is 0. The van der Waals surface area contributed by atoms with Crippen LogP contribution in [-0.4, -0.2) is 71.2 Å². The van der Waals surface area contributed by atoms with Gasteiger partial charge < -0.3 is 24.8 Å². The van der Waals surface area contributed by atoms with Gasteiger partial charge in [0, 0.05) is 32.9 Å². The largest absolute Gasteiger partial charge is 0.478 e. The number of carbonyl (C=O) groups excluding carboxylic acids is 1. The van der Waals surface area contributed by atoms with Gasteiger partial charge in [0.25, 0.3) is 0 Å². The topological polar surface area (TPSA) is 125 Å². The second kappa shape index (κ2) is 10.7. The highest BCUT2D eigenvalue weighted by molar-refractivity contribution is 7.92. The maximum Gasteiger partial charge on any atom is 0.407 e. The van der Waals surface area contributed by atoms with Crippen LogP contribution in [0.5, 0.6) is 0 Å². The lowest BCUT2D eigenvalue weighted by Crippen LogP contribution is -2.55. The van der Waals surface area contributed by atoms with Crippen molar-refractivity contribution in [3.63, 3.8) is 0 Å². The monoisotopic (exact) mass is 491 g/mol. The van der Waals surface area contributed by atoms with Crippen LogP contribution in [0.25, 0.3) is 0 Å². The number of piperidine rings is 1. The molecule has 10 nitrogen and oxygen atoms in total. The van der Waals surface area contributed by atoms with Crippen molar-refractivity contribution < 1.29 is 32.6 Å². The molecule has 0 aromatic heterocycles. The Balaban J connectivity index is 1.67. The number of hydrogen-bond acceptors (Lipinski definition) is 7. The fourth-order valence-corrected chi connectivity index (χ4v) is 4.33. The number of ether oxygens (including phenoxy) is 2. The van der Waals surface area contributed by atoms with Crippen molar-refractivity contribution in [3.05, 3.63) is 59.7 Å². The Bertz CT molecular complexity index is 1120. The summed E-state index contributed by atoms with van der Waals surface area (Å²) in [5.74, 6) is -1.23. The quantitative estimate of drug-likeness (QED) is 0.576. The highest BCUT2D eigenvalue weighted by Gasteiger charge is 2.32. The molecule has 1 aliphatic heterocycles. The Morgan fingerprint density at radius 3 is 2.53 bits per heavy atom. The van der Waals surface area contributed by atoms with E-state index in [0.717, 1.165) is 16.1 Å². The number of sulfonamides is 1. The van der Waals surface area contributed by atoms with E-state index in [4.69, 9.17) is 9.47 Å². The minimum atomic E-state index is -3.62. The van der Waals surface area contributed by atoms with E-state index in [0.29, 0.717) is 25.2 Å². The number of hydrogen-bond donors (Lipinski definition) is 2. The predicted octanol–water partition coefficient (Wildman–Crippen LogP) is 2.30. The molecule has 1 amide bonds. The number of nitrogens with zero attached hydrogens (tertiary/aromatic N) is 2. The summed E-state index contributed by atoms with van der Waals surface area (Å²) in [7, 11) is -0.762. The Morgan fingerprint density at radius 2 is 1.91 bits per heavy atom. The number of carboxylic acids is 1. The molecular formula is C23H29N3O7S. The zero-order valence-electron chi connectivity index (χ0n) is 19.3. The summed E-state index contributed by atoms with van der Waals surface area (Å²) in [5.41, 5.74) is 1.47. The Labute approximate surface area is 199 Å². The van der Waals surface area contributed by atoms with E-state index in [1.54, 1.807) is 13.2 Å². The molecule has 184 valence electrons. The van der Waals surface area contributed by atoms with Crippen molar-refractivity contribution in [2.24, 2.45) is 0 Å². The molecule has 34 heavy (non-hydrogen) atoms. The first-order chi connectivity index (χ1) is 16.1. The highest BCUT2D eigenvalue weighted by Crippen LogP contribution is 2.29. The normalized spacial score (nSPS) is 18.3. The fourth-order valence-electron chi connectivity index (χ4n) is 3.82. The number of nitrogens with one attached hydrogen (secondary N) is 1. The van der Waals surface area contributed by atoms with Crippen molar-refractivity contribution in [3.8, 4) is 0 Å². The number of methoxy groups -OCH3 is 1. The van der Waals surface area contributed by atoms with Gasteiger partial charge in [-0.1, -0.05) is 30.3 Å². The number of benzene rings is 2. The molecular weight excluding hydrogens is 462 g/mol. The molecule has 0 saturated carbocycles. The van der Waals surface area contributed by atoms with Crippen molar-refractivity contribution in [2.75, 3.05) is 42.7 Å². The summed E-state index contributed by atoms with van der Waals surface area (Å²) in [6.45, 7) is 1.10. The molecule has 1 saturated heterocycles. The molecule has 11 heteroatoms. The Morgan fingerprint density at radius 1 is 1.21 bits per heavy atom. The lowest BCUT2D eigenvalue weighted by molar-refractivity contribution is 0.0546. The number of amides is 1. The Hall–Kier alpha value is -3.31. The number of anilines is 2. The second-order valence-corrected chi connectivity index (χ2v) is 10.1. The third-order valence-corrected chi connectivity index (χ3v) is 6.98. The number of alkyl carbamates (subject to hydrolysis) is 1. The molecule has 2 aromatic carbocycles. The minimum Gasteiger partial charge on any atom is -0.478 e. The van der Waals surface area contributed by atoms with Crippen LogP contribution >= 0.6 is 0 Å². The van der Waals surface area contributed by atoms with Crippen LogP contribution in [0, 0.1) is 0 Å². The van der Waals surface area contributed by atoms with Gasteiger partial charge in [-0.15, -0.1) is 0 Å². The molecule has 1 fully saturated rings. The maximum absolute atomic E-state index is 12.3. The van der Waals surface area contributed by atoms with Gasteiger partial charge in [-0.05, 0) is 30.2 Å². The second-order valence-electron chi connectivity index (χ2n) is 8.06. The summed E-state index contributed by atoms with van der Waals surface area (Å²) in [4.78, 5) is 26.0. The molecule has 2 atom stereocenters. The average molecular weight is 492 g/mol. The van der Waals surface area contributed by atoms with Gasteiger partial charge in [0.15, 0.2) is 0 Å². The van der Waals surface area contributed by atoms with Gasteiger partial charge in [-0.3, -0.25) is 4.31 Å². The smallest absolute Gasteiger partial charge is 0.407 e. The van der Waals surface area contributed by atoms with Gasteiger partial charge in [-0.2, -0.15) is 0 Å². The van der Waals surface area contributed by atoms with Crippen LogP contribution < -0.4 is 14.5 Å². The summed E-state index contributed by atoms with van der Waals surface area (Å²) < 4.78 is 35.6. The molecule has 3 rings (SSSR count). The van der Waals surface area contributed by atoms with Crippen LogP contribution in [-0.2, 0) is 26.1 Å². The van der Waals surface area contributed by atoms with Gasteiger partial charge >= 0.3 is 12.1 Å². The molecule has 1 aliphatic rings. The number of carbonyl (C=O) groups is 2. The van der Waals surface area contributed by atoms with Crippen molar-refractivity contribution >= 4 is 33.5 Å². The summed E-state index contributed by atoms with van der Waals surface area (Å²) in [6, 6.07) is 13.7. The Kier molecular flexibility index (Phi) is 8.00. The van der Waals surface area contributed by atoms with Crippen molar-refractivity contribution in [1.29, 1.82) is 0 Å². The fraction of sp³-hybridized carbons (Fsp3) is 0.391. The third-order valence-electron chi connectivity index (χ3n) is 5.79. The van der Waals surface area contributed by atoms with E-state index in [1.165, 1.54) is 19.2 Å². The number of carboxylic acid groups (broad SMARTS) is 1. The van der Waals surface area contributed by atoms with Gasteiger partial charge in [0.2, 0.25) is 10.0 Å². The third kappa shape index (κ3) is 6.17. The molecule has 0 radical (unpaired) electrons. The maximum atomic E-state index is 12.3. The SMILES string of the molecule is CO[C@H]1CN(c2ccc(N(C)S(C)(=O)=O)c(C(=O)O)c2)CC[C@@H]1NC(=O)OCc1ccccc1. The van der Waals surface area contributed by atoms with E-state index in [1.807, 2.05) is 35.2 Å². The van der Waals surface area contributed by atoms with E-state index < -0.39 is 22.1 Å². The molecule has 0 spiro atoms. The van der Waals surface area contributed by atoms with Crippen LogP contribution in [0.1, 0.15) is 22.3 Å². The first-order valence-electron chi connectivity index (χ1n) is 10.7. The van der Waals surface area contributed by atoms with E-state index in [-0.39, 0.29) is 30.0 Å². The molecule has 2 aromatic rings. The van der Waals surface area contributed by atoms with Gasteiger partial charge in [-0.25, -0.2) is 18.0 Å². The van der Waals surface area contributed by atoms with Gasteiger partial charge in [0.1, 0.15) is 6.61 Å². The first kappa shape index (κ1) is 25.3. The van der Waals surface area contributed by atoms with Crippen LogP contribution in [0.15, 0.2) is 48.5 Å². The molecule has 0 bridgehead atoms. The van der Waals surface area contributed by atoms with E-state index >= 15 is 0 Å². The number of rotatable bonds is 8. The lowest BCUT2D eigenvalue weighted by atomic mass is 10.0. The summed E-state index contributed by atoms with van der Waals surface area (Å²) in [6.07, 6.45) is 0.667. The molecule has 0 aliphatic carbocycles. The highest BCUT2D eigenvalue weighted by atomic mass is 32.2. The lowest BCUT2D eigenvalue weighted by Gasteiger charge is -2.39. The van der Waals surface area contributed by atoms with Crippen molar-refractivity contribution in [2.45, 2.75) is 25.2 Å². The van der Waals surface area contributed by atoms with E-state index in [9.17, 15) is 23.1 Å². The van der Waals surface area contributed by atoms with Crippen molar-refractivity contribution in [1.82, 2.24) is 5.32 Å². The summed E-state index contributed by atoms with van der Waals surface area (Å²) in [5, 5.41) is 12.5.